The molecule has 0 aliphatic carbocycles. The van der Waals surface area contributed by atoms with E-state index in [1.54, 1.807) is 24.3 Å². The number of rotatable bonds is 3. The van der Waals surface area contributed by atoms with Gasteiger partial charge in [-0.3, -0.25) is 0 Å². The van der Waals surface area contributed by atoms with Crippen LogP contribution in [-0.4, -0.2) is 9.97 Å². The second-order valence-corrected chi connectivity index (χ2v) is 3.82. The highest BCUT2D eigenvalue weighted by atomic mass is 19.4. The van der Waals surface area contributed by atoms with E-state index in [1.165, 1.54) is 0 Å². The van der Waals surface area contributed by atoms with E-state index in [1.807, 2.05) is 0 Å². The van der Waals surface area contributed by atoms with Gasteiger partial charge >= 0.3 is 6.18 Å². The zero-order valence-electron chi connectivity index (χ0n) is 9.78. The zero-order chi connectivity index (χ0) is 13.9. The second-order valence-electron chi connectivity index (χ2n) is 3.82. The van der Waals surface area contributed by atoms with E-state index in [2.05, 4.69) is 15.3 Å². The largest absolute Gasteiger partial charge is 0.433 e. The van der Waals surface area contributed by atoms with Gasteiger partial charge in [-0.2, -0.15) is 13.2 Å². The number of nitrogen functional groups attached to an aromatic ring is 1. The SMILES string of the molecule is Nc1ccccc1CNc1nccc(C(F)(F)F)n1. The van der Waals surface area contributed by atoms with E-state index >= 15 is 0 Å². The standard InChI is InChI=1S/C12H11F3N4/c13-12(14,15)10-5-6-17-11(19-10)18-7-8-3-1-2-4-9(8)16/h1-6H,7,16H2,(H,17,18,19). The molecule has 2 rings (SSSR count). The first-order chi connectivity index (χ1) is 8.97. The molecule has 0 aliphatic rings. The van der Waals surface area contributed by atoms with Crippen molar-refractivity contribution in [2.45, 2.75) is 12.7 Å². The number of para-hydroxylation sites is 1. The van der Waals surface area contributed by atoms with Crippen LogP contribution in [0.15, 0.2) is 36.5 Å². The molecule has 1 aromatic carbocycles. The van der Waals surface area contributed by atoms with Crippen molar-refractivity contribution in [3.8, 4) is 0 Å². The lowest BCUT2D eigenvalue weighted by molar-refractivity contribution is -0.141. The summed E-state index contributed by atoms with van der Waals surface area (Å²) in [5.74, 6) is -0.0851. The number of anilines is 2. The molecule has 0 spiro atoms. The Labute approximate surface area is 107 Å². The molecule has 0 amide bonds. The fourth-order valence-corrected chi connectivity index (χ4v) is 1.47. The molecule has 4 nitrogen and oxygen atoms in total. The fourth-order valence-electron chi connectivity index (χ4n) is 1.47. The summed E-state index contributed by atoms with van der Waals surface area (Å²) in [4.78, 5) is 7.14. The van der Waals surface area contributed by atoms with Crippen LogP contribution in [-0.2, 0) is 12.7 Å². The summed E-state index contributed by atoms with van der Waals surface area (Å²) in [7, 11) is 0. The molecule has 0 fully saturated rings. The van der Waals surface area contributed by atoms with Gasteiger partial charge in [-0.1, -0.05) is 18.2 Å². The van der Waals surface area contributed by atoms with Crippen molar-refractivity contribution in [3.05, 3.63) is 47.8 Å². The Balaban J connectivity index is 2.10. The van der Waals surface area contributed by atoms with Crippen LogP contribution in [0.25, 0.3) is 0 Å². The Morgan fingerprint density at radius 1 is 1.16 bits per heavy atom. The average molecular weight is 268 g/mol. The lowest BCUT2D eigenvalue weighted by Gasteiger charge is -2.09. The van der Waals surface area contributed by atoms with E-state index in [4.69, 9.17) is 5.73 Å². The highest BCUT2D eigenvalue weighted by Gasteiger charge is 2.32. The molecule has 1 aromatic heterocycles. The van der Waals surface area contributed by atoms with Gasteiger partial charge in [-0.15, -0.1) is 0 Å². The van der Waals surface area contributed by atoms with Gasteiger partial charge in [0.1, 0.15) is 5.69 Å². The van der Waals surface area contributed by atoms with Crippen molar-refractivity contribution in [2.24, 2.45) is 0 Å². The normalized spacial score (nSPS) is 11.3. The van der Waals surface area contributed by atoms with Gasteiger partial charge in [-0.05, 0) is 17.7 Å². The molecule has 3 N–H and O–H groups in total. The van der Waals surface area contributed by atoms with Crippen LogP contribution in [0.5, 0.6) is 0 Å². The number of halogens is 3. The van der Waals surface area contributed by atoms with Crippen molar-refractivity contribution in [3.63, 3.8) is 0 Å². The number of hydrogen-bond acceptors (Lipinski definition) is 4. The second kappa shape index (κ2) is 5.13. The van der Waals surface area contributed by atoms with E-state index in [-0.39, 0.29) is 12.5 Å². The zero-order valence-corrected chi connectivity index (χ0v) is 9.78. The van der Waals surface area contributed by atoms with Crippen LogP contribution in [0.2, 0.25) is 0 Å². The number of alkyl halides is 3. The number of nitrogens with zero attached hydrogens (tertiary/aromatic N) is 2. The summed E-state index contributed by atoms with van der Waals surface area (Å²) in [5.41, 5.74) is 6.07. The molecule has 0 radical (unpaired) electrons. The lowest BCUT2D eigenvalue weighted by Crippen LogP contribution is -2.12. The Hall–Kier alpha value is -2.31. The quantitative estimate of drug-likeness (QED) is 0.840. The van der Waals surface area contributed by atoms with Crippen LogP contribution in [0.1, 0.15) is 11.3 Å². The van der Waals surface area contributed by atoms with Gasteiger partial charge < -0.3 is 11.1 Å². The number of benzene rings is 1. The molecular weight excluding hydrogens is 257 g/mol. The first-order valence-electron chi connectivity index (χ1n) is 5.44. The third-order valence-corrected chi connectivity index (χ3v) is 2.44. The molecule has 0 atom stereocenters. The van der Waals surface area contributed by atoms with Crippen molar-refractivity contribution < 1.29 is 13.2 Å². The Morgan fingerprint density at radius 2 is 1.89 bits per heavy atom. The summed E-state index contributed by atoms with van der Waals surface area (Å²) in [6.45, 7) is 0.258. The lowest BCUT2D eigenvalue weighted by atomic mass is 10.2. The third kappa shape index (κ3) is 3.34. The minimum Gasteiger partial charge on any atom is -0.398 e. The molecule has 19 heavy (non-hydrogen) atoms. The number of nitrogens with one attached hydrogen (secondary N) is 1. The molecule has 1 heterocycles. The van der Waals surface area contributed by atoms with Gasteiger partial charge in [0, 0.05) is 18.4 Å². The summed E-state index contributed by atoms with van der Waals surface area (Å²) in [5, 5.41) is 2.71. The third-order valence-electron chi connectivity index (χ3n) is 2.44. The first-order valence-corrected chi connectivity index (χ1v) is 5.44. The molecule has 2 aromatic rings. The highest BCUT2D eigenvalue weighted by molar-refractivity contribution is 5.47. The van der Waals surface area contributed by atoms with Gasteiger partial charge in [-0.25, -0.2) is 9.97 Å². The van der Waals surface area contributed by atoms with Gasteiger partial charge in [0.05, 0.1) is 0 Å². The van der Waals surface area contributed by atoms with Crippen molar-refractivity contribution in [1.29, 1.82) is 0 Å². The maximum Gasteiger partial charge on any atom is 0.433 e. The van der Waals surface area contributed by atoms with Crippen LogP contribution in [0, 0.1) is 0 Å². The molecule has 0 bridgehead atoms. The predicted molar refractivity (Wildman–Crippen MR) is 65.2 cm³/mol. The van der Waals surface area contributed by atoms with E-state index < -0.39 is 11.9 Å². The Bertz CT molecular complexity index is 569. The maximum atomic E-state index is 12.5. The monoisotopic (exact) mass is 268 g/mol. The predicted octanol–water partition coefficient (Wildman–Crippen LogP) is 2.69. The Kier molecular flexibility index (Phi) is 3.55. The van der Waals surface area contributed by atoms with Crippen molar-refractivity contribution in [1.82, 2.24) is 9.97 Å². The topological polar surface area (TPSA) is 63.8 Å². The summed E-state index contributed by atoms with van der Waals surface area (Å²) in [6.07, 6.45) is -3.42. The maximum absolute atomic E-state index is 12.5. The molecule has 100 valence electrons. The Morgan fingerprint density at radius 3 is 2.58 bits per heavy atom. The van der Waals surface area contributed by atoms with Crippen molar-refractivity contribution >= 4 is 11.6 Å². The fraction of sp³-hybridized carbons (Fsp3) is 0.167. The van der Waals surface area contributed by atoms with Gasteiger partial charge in [0.2, 0.25) is 5.95 Å². The number of nitrogens with two attached hydrogens (primary N) is 1. The molecular formula is C12H11F3N4. The smallest absolute Gasteiger partial charge is 0.398 e. The summed E-state index contributed by atoms with van der Waals surface area (Å²) in [6, 6.07) is 7.88. The minimum atomic E-state index is -4.48. The minimum absolute atomic E-state index is 0.0851. The van der Waals surface area contributed by atoms with Crippen LogP contribution >= 0.6 is 0 Å². The summed E-state index contributed by atoms with van der Waals surface area (Å²) >= 11 is 0. The van der Waals surface area contributed by atoms with E-state index in [0.717, 1.165) is 17.8 Å². The van der Waals surface area contributed by atoms with Crippen molar-refractivity contribution in [2.75, 3.05) is 11.1 Å². The first kappa shape index (κ1) is 13.1. The molecule has 0 aliphatic heterocycles. The highest BCUT2D eigenvalue weighted by Crippen LogP contribution is 2.27. The van der Waals surface area contributed by atoms with E-state index in [9.17, 15) is 13.2 Å². The van der Waals surface area contributed by atoms with Crippen LogP contribution < -0.4 is 11.1 Å². The number of hydrogen-bond donors (Lipinski definition) is 2. The molecule has 0 saturated heterocycles. The molecule has 7 heteroatoms. The summed E-state index contributed by atoms with van der Waals surface area (Å²) < 4.78 is 37.4. The van der Waals surface area contributed by atoms with Crippen LogP contribution in [0.3, 0.4) is 0 Å². The van der Waals surface area contributed by atoms with Gasteiger partial charge in [0.25, 0.3) is 0 Å². The van der Waals surface area contributed by atoms with Crippen LogP contribution in [0.4, 0.5) is 24.8 Å². The van der Waals surface area contributed by atoms with E-state index in [0.29, 0.717) is 5.69 Å². The molecule has 0 unspecified atom stereocenters. The molecule has 0 saturated carbocycles. The average Bonchev–Trinajstić information content (AvgIpc) is 2.37. The van der Waals surface area contributed by atoms with Gasteiger partial charge in [0.15, 0.2) is 0 Å². The number of aromatic nitrogens is 2.